The Hall–Kier alpha value is -0.530. The fraction of sp³-hybridized carbons (Fsp3) is 0.889. The van der Waals surface area contributed by atoms with E-state index >= 15 is 0 Å². The number of carbonyl (C=O) groups excluding carboxylic acids is 1. The third-order valence-corrected chi connectivity index (χ3v) is 3.12. The highest BCUT2D eigenvalue weighted by Gasteiger charge is 2.46. The first-order valence-corrected chi connectivity index (χ1v) is 4.54. The van der Waals surface area contributed by atoms with Crippen LogP contribution in [0.2, 0.25) is 0 Å². The highest BCUT2D eigenvalue weighted by molar-refractivity contribution is 5.85. The van der Waals surface area contributed by atoms with E-state index in [1.807, 2.05) is 0 Å². The summed E-state index contributed by atoms with van der Waals surface area (Å²) in [7, 11) is 0. The first-order chi connectivity index (χ1) is 5.23. The van der Waals surface area contributed by atoms with Gasteiger partial charge in [-0.05, 0) is 26.2 Å². The van der Waals surface area contributed by atoms with Gasteiger partial charge in [-0.25, -0.2) is 0 Å². The molecule has 1 N–H and O–H groups in total. The zero-order chi connectivity index (χ0) is 7.90. The predicted molar refractivity (Wildman–Crippen MR) is 43.1 cm³/mol. The Bertz CT molecular complexity index is 182. The van der Waals surface area contributed by atoms with E-state index < -0.39 is 0 Å². The number of carbonyl (C=O) groups is 1. The van der Waals surface area contributed by atoms with Gasteiger partial charge in [0.2, 0.25) is 5.91 Å². The lowest BCUT2D eigenvalue weighted by Crippen LogP contribution is -2.29. The van der Waals surface area contributed by atoms with Gasteiger partial charge >= 0.3 is 0 Å². The van der Waals surface area contributed by atoms with E-state index in [4.69, 9.17) is 0 Å². The summed E-state index contributed by atoms with van der Waals surface area (Å²) in [5.41, 5.74) is 0.0689. The maximum atomic E-state index is 11.5. The molecule has 1 aliphatic carbocycles. The summed E-state index contributed by atoms with van der Waals surface area (Å²) in [6, 6.07) is 0.417. The number of hydrogen-bond donors (Lipinski definition) is 1. The molecule has 11 heavy (non-hydrogen) atoms. The molecule has 1 saturated heterocycles. The second kappa shape index (κ2) is 2.23. The largest absolute Gasteiger partial charge is 0.353 e. The molecule has 0 unspecified atom stereocenters. The smallest absolute Gasteiger partial charge is 0.226 e. The van der Waals surface area contributed by atoms with Crippen molar-refractivity contribution < 1.29 is 4.79 Å². The summed E-state index contributed by atoms with van der Waals surface area (Å²) in [5, 5.41) is 3.01. The third kappa shape index (κ3) is 0.959. The number of hydrogen-bond acceptors (Lipinski definition) is 1. The Morgan fingerprint density at radius 3 is 2.55 bits per heavy atom. The molecular weight excluding hydrogens is 138 g/mol. The van der Waals surface area contributed by atoms with Crippen LogP contribution < -0.4 is 5.32 Å². The minimum Gasteiger partial charge on any atom is -0.353 e. The number of nitrogens with one attached hydrogen (secondary N) is 1. The first kappa shape index (κ1) is 7.14. The zero-order valence-electron chi connectivity index (χ0n) is 7.02. The molecule has 1 spiro atoms. The molecule has 62 valence electrons. The van der Waals surface area contributed by atoms with Crippen molar-refractivity contribution in [2.75, 3.05) is 0 Å². The fourth-order valence-electron chi connectivity index (χ4n) is 2.59. The fourth-order valence-corrected chi connectivity index (χ4v) is 2.59. The van der Waals surface area contributed by atoms with Crippen LogP contribution in [0.25, 0.3) is 0 Å². The SMILES string of the molecule is C[C@H]1CC2(CCCC2)C(=O)N1. The van der Waals surface area contributed by atoms with Crippen LogP contribution in [-0.2, 0) is 4.79 Å². The molecule has 0 aromatic heterocycles. The lowest BCUT2D eigenvalue weighted by atomic mass is 9.83. The molecule has 2 fully saturated rings. The Balaban J connectivity index is 2.18. The molecule has 1 aliphatic heterocycles. The maximum Gasteiger partial charge on any atom is 0.226 e. The van der Waals surface area contributed by atoms with Crippen molar-refractivity contribution in [1.29, 1.82) is 0 Å². The summed E-state index contributed by atoms with van der Waals surface area (Å²) in [4.78, 5) is 11.5. The minimum atomic E-state index is 0.0689. The Labute approximate surface area is 67.4 Å². The van der Waals surface area contributed by atoms with E-state index in [9.17, 15) is 4.79 Å². The van der Waals surface area contributed by atoms with Crippen LogP contribution in [0.4, 0.5) is 0 Å². The summed E-state index contributed by atoms with van der Waals surface area (Å²) in [6.45, 7) is 2.10. The Morgan fingerprint density at radius 2 is 2.09 bits per heavy atom. The quantitative estimate of drug-likeness (QED) is 0.560. The summed E-state index contributed by atoms with van der Waals surface area (Å²) in [6.07, 6.45) is 5.83. The molecule has 1 atom stereocenters. The van der Waals surface area contributed by atoms with E-state index in [-0.39, 0.29) is 5.41 Å². The third-order valence-electron chi connectivity index (χ3n) is 3.12. The molecule has 0 aromatic carbocycles. The zero-order valence-corrected chi connectivity index (χ0v) is 7.02. The van der Waals surface area contributed by atoms with Gasteiger partial charge in [0.15, 0.2) is 0 Å². The van der Waals surface area contributed by atoms with Crippen LogP contribution in [0.3, 0.4) is 0 Å². The summed E-state index contributed by atoms with van der Waals surface area (Å²) >= 11 is 0. The van der Waals surface area contributed by atoms with E-state index in [2.05, 4.69) is 12.2 Å². The average Bonchev–Trinajstić information content (AvgIpc) is 2.45. The van der Waals surface area contributed by atoms with Crippen LogP contribution in [0, 0.1) is 5.41 Å². The normalized spacial score (nSPS) is 34.6. The molecule has 0 radical (unpaired) electrons. The van der Waals surface area contributed by atoms with Gasteiger partial charge in [-0.3, -0.25) is 4.79 Å². The van der Waals surface area contributed by atoms with Crippen LogP contribution in [0.1, 0.15) is 39.0 Å². The van der Waals surface area contributed by atoms with Crippen molar-refractivity contribution in [3.05, 3.63) is 0 Å². The van der Waals surface area contributed by atoms with Gasteiger partial charge in [0.25, 0.3) is 0 Å². The molecule has 1 saturated carbocycles. The lowest BCUT2D eigenvalue weighted by molar-refractivity contribution is -0.127. The van der Waals surface area contributed by atoms with Crippen molar-refractivity contribution >= 4 is 5.91 Å². The van der Waals surface area contributed by atoms with Gasteiger partial charge in [0.1, 0.15) is 0 Å². The summed E-state index contributed by atoms with van der Waals surface area (Å²) < 4.78 is 0. The van der Waals surface area contributed by atoms with Crippen molar-refractivity contribution in [3.8, 4) is 0 Å². The second-order valence-electron chi connectivity index (χ2n) is 4.07. The molecule has 0 aromatic rings. The molecule has 1 amide bonds. The van der Waals surface area contributed by atoms with Gasteiger partial charge in [0.05, 0.1) is 5.41 Å². The number of amides is 1. The summed E-state index contributed by atoms with van der Waals surface area (Å²) in [5.74, 6) is 0.322. The van der Waals surface area contributed by atoms with Gasteiger partial charge in [-0.15, -0.1) is 0 Å². The maximum absolute atomic E-state index is 11.5. The Morgan fingerprint density at radius 1 is 1.45 bits per heavy atom. The number of rotatable bonds is 0. The van der Waals surface area contributed by atoms with Crippen molar-refractivity contribution in [2.24, 2.45) is 5.41 Å². The van der Waals surface area contributed by atoms with Crippen LogP contribution in [0.5, 0.6) is 0 Å². The predicted octanol–water partition coefficient (Wildman–Crippen LogP) is 1.46. The van der Waals surface area contributed by atoms with Crippen molar-refractivity contribution in [1.82, 2.24) is 5.32 Å². The molecule has 2 nitrogen and oxygen atoms in total. The van der Waals surface area contributed by atoms with Crippen LogP contribution >= 0.6 is 0 Å². The topological polar surface area (TPSA) is 29.1 Å². The van der Waals surface area contributed by atoms with Crippen LogP contribution in [-0.4, -0.2) is 11.9 Å². The van der Waals surface area contributed by atoms with Crippen LogP contribution in [0.15, 0.2) is 0 Å². The molecule has 2 rings (SSSR count). The monoisotopic (exact) mass is 153 g/mol. The second-order valence-corrected chi connectivity index (χ2v) is 4.07. The van der Waals surface area contributed by atoms with Gasteiger partial charge in [-0.1, -0.05) is 12.8 Å². The van der Waals surface area contributed by atoms with E-state index in [0.717, 1.165) is 19.3 Å². The molecular formula is C9H15NO. The highest BCUT2D eigenvalue weighted by Crippen LogP contribution is 2.45. The first-order valence-electron chi connectivity index (χ1n) is 4.54. The minimum absolute atomic E-state index is 0.0689. The van der Waals surface area contributed by atoms with E-state index in [1.54, 1.807) is 0 Å². The standard InChI is InChI=1S/C9H15NO/c1-7-6-9(8(11)10-7)4-2-3-5-9/h7H,2-6H2,1H3,(H,10,11)/t7-/m0/s1. The van der Waals surface area contributed by atoms with Gasteiger partial charge in [0, 0.05) is 6.04 Å². The average molecular weight is 153 g/mol. The molecule has 1 heterocycles. The Kier molecular flexibility index (Phi) is 1.44. The van der Waals surface area contributed by atoms with Crippen molar-refractivity contribution in [2.45, 2.75) is 45.1 Å². The highest BCUT2D eigenvalue weighted by atomic mass is 16.2. The van der Waals surface area contributed by atoms with E-state index in [1.165, 1.54) is 12.8 Å². The van der Waals surface area contributed by atoms with Gasteiger partial charge < -0.3 is 5.32 Å². The van der Waals surface area contributed by atoms with Gasteiger partial charge in [-0.2, -0.15) is 0 Å². The van der Waals surface area contributed by atoms with Crippen molar-refractivity contribution in [3.63, 3.8) is 0 Å². The molecule has 2 heteroatoms. The molecule has 0 bridgehead atoms. The molecule has 2 aliphatic rings. The lowest BCUT2D eigenvalue weighted by Gasteiger charge is -2.17. The van der Waals surface area contributed by atoms with E-state index in [0.29, 0.717) is 11.9 Å².